The predicted molar refractivity (Wildman–Crippen MR) is 112 cm³/mol. The second kappa shape index (κ2) is 7.55. The van der Waals surface area contributed by atoms with Gasteiger partial charge in [-0.05, 0) is 43.9 Å². The van der Waals surface area contributed by atoms with Crippen LogP contribution in [0.15, 0.2) is 42.6 Å². The molecule has 1 aromatic carbocycles. The van der Waals surface area contributed by atoms with E-state index in [9.17, 15) is 14.4 Å². The molecule has 7 nitrogen and oxygen atoms in total. The zero-order valence-electron chi connectivity index (χ0n) is 17.6. The first kappa shape index (κ1) is 20.1. The first-order chi connectivity index (χ1) is 14.3. The summed E-state index contributed by atoms with van der Waals surface area (Å²) < 4.78 is 0. The summed E-state index contributed by atoms with van der Waals surface area (Å²) in [7, 11) is 1.54. The Morgan fingerprint density at radius 1 is 1.10 bits per heavy atom. The third kappa shape index (κ3) is 3.24. The SMILES string of the molecule is Cc1cc(C(=O)N2CCC3(CC2)C(=O)N(C)C(=O)N3Cc2ccccc2)cnc1C. The van der Waals surface area contributed by atoms with E-state index in [4.69, 9.17) is 0 Å². The van der Waals surface area contributed by atoms with Gasteiger partial charge in [0.2, 0.25) is 0 Å². The molecule has 2 aliphatic rings. The molecule has 0 radical (unpaired) electrons. The van der Waals surface area contributed by atoms with E-state index in [0.717, 1.165) is 16.8 Å². The van der Waals surface area contributed by atoms with E-state index in [2.05, 4.69) is 4.98 Å². The molecule has 0 aliphatic carbocycles. The molecule has 1 aromatic heterocycles. The Bertz CT molecular complexity index is 997. The number of nitrogens with zero attached hydrogens (tertiary/aromatic N) is 4. The summed E-state index contributed by atoms with van der Waals surface area (Å²) in [6, 6.07) is 11.3. The molecular weight excluding hydrogens is 380 g/mol. The number of likely N-dealkylation sites (N-methyl/N-ethyl adjacent to an activating group) is 1. The molecule has 1 spiro atoms. The van der Waals surface area contributed by atoms with Crippen LogP contribution in [0.2, 0.25) is 0 Å². The van der Waals surface area contributed by atoms with Gasteiger partial charge in [0.15, 0.2) is 0 Å². The Balaban J connectivity index is 1.54. The Kier molecular flexibility index (Phi) is 5.05. The average molecular weight is 406 g/mol. The normalized spacial score (nSPS) is 18.4. The summed E-state index contributed by atoms with van der Waals surface area (Å²) in [5.41, 5.74) is 2.52. The summed E-state index contributed by atoms with van der Waals surface area (Å²) in [4.78, 5) is 47.8. The second-order valence-corrected chi connectivity index (χ2v) is 8.17. The van der Waals surface area contributed by atoms with Gasteiger partial charge < -0.3 is 9.80 Å². The number of benzene rings is 1. The number of hydrogen-bond donors (Lipinski definition) is 0. The largest absolute Gasteiger partial charge is 0.338 e. The highest BCUT2D eigenvalue weighted by molar-refractivity contribution is 6.07. The quantitative estimate of drug-likeness (QED) is 0.735. The fourth-order valence-electron chi connectivity index (χ4n) is 4.37. The fourth-order valence-corrected chi connectivity index (χ4v) is 4.37. The number of pyridine rings is 1. The maximum atomic E-state index is 13.1. The first-order valence-electron chi connectivity index (χ1n) is 10.2. The number of carbonyl (C=O) groups excluding carboxylic acids is 3. The van der Waals surface area contributed by atoms with Crippen LogP contribution >= 0.6 is 0 Å². The van der Waals surface area contributed by atoms with Gasteiger partial charge in [-0.1, -0.05) is 30.3 Å². The third-order valence-corrected chi connectivity index (χ3v) is 6.39. The van der Waals surface area contributed by atoms with E-state index in [1.165, 1.54) is 11.9 Å². The molecule has 0 bridgehead atoms. The van der Waals surface area contributed by atoms with Crippen molar-refractivity contribution in [1.82, 2.24) is 19.7 Å². The summed E-state index contributed by atoms with van der Waals surface area (Å²) in [6.45, 7) is 5.07. The highest BCUT2D eigenvalue weighted by atomic mass is 16.2. The van der Waals surface area contributed by atoms with Crippen molar-refractivity contribution in [2.45, 2.75) is 38.8 Å². The van der Waals surface area contributed by atoms with Crippen molar-refractivity contribution in [3.63, 3.8) is 0 Å². The van der Waals surface area contributed by atoms with Crippen LogP contribution in [0.3, 0.4) is 0 Å². The maximum absolute atomic E-state index is 13.1. The molecule has 0 saturated carbocycles. The van der Waals surface area contributed by atoms with Crippen LogP contribution in [0.5, 0.6) is 0 Å². The molecule has 2 aliphatic heterocycles. The molecule has 7 heteroatoms. The Morgan fingerprint density at radius 2 is 1.77 bits per heavy atom. The lowest BCUT2D eigenvalue weighted by atomic mass is 9.85. The lowest BCUT2D eigenvalue weighted by Gasteiger charge is -2.42. The second-order valence-electron chi connectivity index (χ2n) is 8.17. The standard InChI is InChI=1S/C23H26N4O3/c1-16-13-19(14-24-17(16)2)20(28)26-11-9-23(10-12-26)21(29)25(3)22(30)27(23)15-18-7-5-4-6-8-18/h4-8,13-14H,9-12,15H2,1-3H3. The van der Waals surface area contributed by atoms with Gasteiger partial charge in [0.1, 0.15) is 5.54 Å². The minimum atomic E-state index is -0.889. The van der Waals surface area contributed by atoms with Gasteiger partial charge >= 0.3 is 6.03 Å². The molecule has 2 aromatic rings. The number of amides is 4. The van der Waals surface area contributed by atoms with E-state index in [-0.39, 0.29) is 17.8 Å². The number of aromatic nitrogens is 1. The van der Waals surface area contributed by atoms with E-state index in [1.807, 2.05) is 50.2 Å². The van der Waals surface area contributed by atoms with E-state index >= 15 is 0 Å². The van der Waals surface area contributed by atoms with Gasteiger partial charge in [-0.2, -0.15) is 0 Å². The number of carbonyl (C=O) groups is 3. The van der Waals surface area contributed by atoms with E-state index in [1.54, 1.807) is 16.0 Å². The number of urea groups is 1. The zero-order chi connectivity index (χ0) is 21.5. The number of hydrogen-bond acceptors (Lipinski definition) is 4. The minimum absolute atomic E-state index is 0.0832. The summed E-state index contributed by atoms with van der Waals surface area (Å²) >= 11 is 0. The van der Waals surface area contributed by atoms with Crippen LogP contribution in [-0.4, -0.2) is 63.2 Å². The van der Waals surface area contributed by atoms with Crippen molar-refractivity contribution >= 4 is 17.8 Å². The summed E-state index contributed by atoms with van der Waals surface area (Å²) in [5, 5.41) is 0. The smallest absolute Gasteiger partial charge is 0.327 e. The number of rotatable bonds is 3. The van der Waals surface area contributed by atoms with Crippen LogP contribution in [0.4, 0.5) is 4.79 Å². The van der Waals surface area contributed by atoms with Crippen molar-refractivity contribution in [3.8, 4) is 0 Å². The molecule has 2 fully saturated rings. The van der Waals surface area contributed by atoms with Gasteiger partial charge in [0, 0.05) is 38.6 Å². The Hall–Kier alpha value is -3.22. The van der Waals surface area contributed by atoms with Gasteiger partial charge in [-0.25, -0.2) is 4.79 Å². The van der Waals surface area contributed by atoms with Crippen molar-refractivity contribution < 1.29 is 14.4 Å². The van der Waals surface area contributed by atoms with Gasteiger partial charge in [-0.15, -0.1) is 0 Å². The predicted octanol–water partition coefficient (Wildman–Crippen LogP) is 2.77. The number of piperidine rings is 1. The fraction of sp³-hybridized carbons (Fsp3) is 0.391. The summed E-state index contributed by atoms with van der Waals surface area (Å²) in [6.07, 6.45) is 2.46. The van der Waals surface area contributed by atoms with Crippen LogP contribution in [-0.2, 0) is 11.3 Å². The van der Waals surface area contributed by atoms with Crippen molar-refractivity contribution in [2.24, 2.45) is 0 Å². The van der Waals surface area contributed by atoms with Crippen LogP contribution in [0, 0.1) is 13.8 Å². The molecule has 30 heavy (non-hydrogen) atoms. The molecule has 0 unspecified atom stereocenters. The highest BCUT2D eigenvalue weighted by Crippen LogP contribution is 2.38. The minimum Gasteiger partial charge on any atom is -0.338 e. The lowest BCUT2D eigenvalue weighted by Crippen LogP contribution is -2.57. The zero-order valence-corrected chi connectivity index (χ0v) is 17.6. The van der Waals surface area contributed by atoms with Crippen molar-refractivity contribution in [1.29, 1.82) is 0 Å². The number of imide groups is 1. The number of aryl methyl sites for hydroxylation is 2. The molecular formula is C23H26N4O3. The van der Waals surface area contributed by atoms with Crippen molar-refractivity contribution in [2.75, 3.05) is 20.1 Å². The Morgan fingerprint density at radius 3 is 2.40 bits per heavy atom. The molecule has 0 N–H and O–H groups in total. The first-order valence-corrected chi connectivity index (χ1v) is 10.2. The molecule has 2 saturated heterocycles. The average Bonchev–Trinajstić information content (AvgIpc) is 2.93. The Labute approximate surface area is 176 Å². The topological polar surface area (TPSA) is 73.8 Å². The van der Waals surface area contributed by atoms with E-state index < -0.39 is 5.54 Å². The highest BCUT2D eigenvalue weighted by Gasteiger charge is 2.57. The van der Waals surface area contributed by atoms with Crippen LogP contribution in [0.1, 0.15) is 40.0 Å². The summed E-state index contributed by atoms with van der Waals surface area (Å²) in [5.74, 6) is -0.261. The monoisotopic (exact) mass is 406 g/mol. The van der Waals surface area contributed by atoms with Crippen molar-refractivity contribution in [3.05, 3.63) is 65.0 Å². The van der Waals surface area contributed by atoms with Gasteiger partial charge in [0.25, 0.3) is 11.8 Å². The molecule has 3 heterocycles. The maximum Gasteiger partial charge on any atom is 0.327 e. The van der Waals surface area contributed by atoms with Gasteiger partial charge in [0.05, 0.1) is 5.56 Å². The lowest BCUT2D eigenvalue weighted by molar-refractivity contribution is -0.134. The molecule has 4 rings (SSSR count). The molecule has 156 valence electrons. The molecule has 4 amide bonds. The van der Waals surface area contributed by atoms with Gasteiger partial charge in [-0.3, -0.25) is 19.5 Å². The van der Waals surface area contributed by atoms with Crippen LogP contribution in [0.25, 0.3) is 0 Å². The van der Waals surface area contributed by atoms with Crippen LogP contribution < -0.4 is 0 Å². The van der Waals surface area contributed by atoms with E-state index in [0.29, 0.717) is 38.0 Å². The third-order valence-electron chi connectivity index (χ3n) is 6.39. The number of likely N-dealkylation sites (tertiary alicyclic amines) is 1. The molecule has 0 atom stereocenters.